The molecule has 4 nitrogen and oxygen atoms in total. The second-order valence-electron chi connectivity index (χ2n) is 6.55. The molecule has 2 unspecified atom stereocenters. The number of nitrogens with zero attached hydrogens (tertiary/aromatic N) is 1. The zero-order valence-corrected chi connectivity index (χ0v) is 12.2. The minimum atomic E-state index is -0.649. The van der Waals surface area contributed by atoms with Gasteiger partial charge in [0.25, 0.3) is 0 Å². The van der Waals surface area contributed by atoms with E-state index in [0.717, 1.165) is 26.3 Å². The Morgan fingerprint density at radius 1 is 1.33 bits per heavy atom. The average molecular weight is 255 g/mol. The first-order chi connectivity index (χ1) is 8.24. The SMILES string of the molecule is CC1COCCN1CC1C(=O)C(C)(C)OC1(C)C. The molecule has 2 saturated heterocycles. The van der Waals surface area contributed by atoms with Crippen LogP contribution in [0.2, 0.25) is 0 Å². The Morgan fingerprint density at radius 3 is 2.50 bits per heavy atom. The summed E-state index contributed by atoms with van der Waals surface area (Å²) in [4.78, 5) is 14.8. The van der Waals surface area contributed by atoms with Crippen molar-refractivity contribution < 1.29 is 14.3 Å². The molecule has 2 rings (SSSR count). The molecule has 0 aromatic rings. The van der Waals surface area contributed by atoms with E-state index in [1.165, 1.54) is 0 Å². The number of ketones is 1. The second-order valence-corrected chi connectivity index (χ2v) is 6.55. The summed E-state index contributed by atoms with van der Waals surface area (Å²) in [6.07, 6.45) is 0. The molecule has 2 aliphatic heterocycles. The van der Waals surface area contributed by atoms with Crippen molar-refractivity contribution in [2.75, 3.05) is 26.3 Å². The van der Waals surface area contributed by atoms with Crippen LogP contribution in [0.25, 0.3) is 0 Å². The van der Waals surface area contributed by atoms with Gasteiger partial charge in [0.05, 0.1) is 24.7 Å². The van der Waals surface area contributed by atoms with Crippen molar-refractivity contribution in [2.24, 2.45) is 5.92 Å². The van der Waals surface area contributed by atoms with Gasteiger partial charge in [-0.05, 0) is 34.6 Å². The number of rotatable bonds is 2. The average Bonchev–Trinajstić information content (AvgIpc) is 2.39. The van der Waals surface area contributed by atoms with Crippen LogP contribution in [-0.4, -0.2) is 54.2 Å². The van der Waals surface area contributed by atoms with Crippen LogP contribution in [0.4, 0.5) is 0 Å². The van der Waals surface area contributed by atoms with Crippen LogP contribution in [-0.2, 0) is 14.3 Å². The lowest BCUT2D eigenvalue weighted by atomic mass is 9.85. The van der Waals surface area contributed by atoms with E-state index in [-0.39, 0.29) is 17.3 Å². The van der Waals surface area contributed by atoms with Gasteiger partial charge in [0.1, 0.15) is 5.60 Å². The zero-order chi connectivity index (χ0) is 13.6. The summed E-state index contributed by atoms with van der Waals surface area (Å²) in [7, 11) is 0. The van der Waals surface area contributed by atoms with Gasteiger partial charge in [-0.1, -0.05) is 0 Å². The molecule has 4 heteroatoms. The molecular weight excluding hydrogens is 230 g/mol. The second kappa shape index (κ2) is 4.58. The molecule has 104 valence electrons. The van der Waals surface area contributed by atoms with E-state index >= 15 is 0 Å². The Labute approximate surface area is 110 Å². The van der Waals surface area contributed by atoms with Gasteiger partial charge in [-0.25, -0.2) is 0 Å². The standard InChI is InChI=1S/C14H25NO3/c1-10-9-17-7-6-15(10)8-11-12(16)14(4,5)18-13(11,2)3/h10-11H,6-9H2,1-5H3. The van der Waals surface area contributed by atoms with Crippen LogP contribution in [0.15, 0.2) is 0 Å². The van der Waals surface area contributed by atoms with E-state index in [1.54, 1.807) is 0 Å². The predicted molar refractivity (Wildman–Crippen MR) is 69.6 cm³/mol. The fraction of sp³-hybridized carbons (Fsp3) is 0.929. The van der Waals surface area contributed by atoms with E-state index < -0.39 is 5.60 Å². The summed E-state index contributed by atoms with van der Waals surface area (Å²) in [5, 5.41) is 0. The van der Waals surface area contributed by atoms with Crippen molar-refractivity contribution in [3.8, 4) is 0 Å². The molecule has 0 saturated carbocycles. The molecule has 2 atom stereocenters. The van der Waals surface area contributed by atoms with Crippen LogP contribution in [0.1, 0.15) is 34.6 Å². The van der Waals surface area contributed by atoms with Gasteiger partial charge in [-0.3, -0.25) is 9.69 Å². The van der Waals surface area contributed by atoms with Gasteiger partial charge < -0.3 is 9.47 Å². The number of ether oxygens (including phenoxy) is 2. The maximum atomic E-state index is 12.4. The van der Waals surface area contributed by atoms with Crippen molar-refractivity contribution in [3.05, 3.63) is 0 Å². The highest BCUT2D eigenvalue weighted by molar-refractivity contribution is 5.91. The normalized spacial score (nSPS) is 35.9. The molecule has 2 aliphatic rings. The fourth-order valence-corrected chi connectivity index (χ4v) is 3.08. The van der Waals surface area contributed by atoms with Crippen LogP contribution in [0.3, 0.4) is 0 Å². The smallest absolute Gasteiger partial charge is 0.171 e. The summed E-state index contributed by atoms with van der Waals surface area (Å²) in [5.74, 6) is 0.180. The van der Waals surface area contributed by atoms with Gasteiger partial charge >= 0.3 is 0 Å². The summed E-state index contributed by atoms with van der Waals surface area (Å²) in [6, 6.07) is 0.381. The first-order valence-electron chi connectivity index (χ1n) is 6.80. The molecule has 0 N–H and O–H groups in total. The summed E-state index contributed by atoms with van der Waals surface area (Å²) < 4.78 is 11.4. The highest BCUT2D eigenvalue weighted by Crippen LogP contribution is 2.39. The zero-order valence-electron chi connectivity index (χ0n) is 12.2. The molecular formula is C14H25NO3. The molecule has 0 aromatic heterocycles. The lowest BCUT2D eigenvalue weighted by Crippen LogP contribution is -2.49. The molecule has 18 heavy (non-hydrogen) atoms. The van der Waals surface area contributed by atoms with E-state index in [9.17, 15) is 4.79 Å². The minimum absolute atomic E-state index is 0.0481. The van der Waals surface area contributed by atoms with E-state index in [0.29, 0.717) is 6.04 Å². The van der Waals surface area contributed by atoms with Crippen molar-refractivity contribution >= 4 is 5.78 Å². The van der Waals surface area contributed by atoms with E-state index in [4.69, 9.17) is 9.47 Å². The van der Waals surface area contributed by atoms with Crippen LogP contribution in [0.5, 0.6) is 0 Å². The maximum Gasteiger partial charge on any atom is 0.171 e. The molecule has 0 aliphatic carbocycles. The van der Waals surface area contributed by atoms with Crippen molar-refractivity contribution in [3.63, 3.8) is 0 Å². The highest BCUT2D eigenvalue weighted by Gasteiger charge is 2.53. The summed E-state index contributed by atoms with van der Waals surface area (Å²) in [5.41, 5.74) is -1.03. The topological polar surface area (TPSA) is 38.8 Å². The number of hydrogen-bond donors (Lipinski definition) is 0. The summed E-state index contributed by atoms with van der Waals surface area (Å²) in [6.45, 7) is 13.1. The fourth-order valence-electron chi connectivity index (χ4n) is 3.08. The third-order valence-corrected chi connectivity index (χ3v) is 4.19. The Morgan fingerprint density at radius 2 is 2.00 bits per heavy atom. The largest absolute Gasteiger partial charge is 0.379 e. The monoisotopic (exact) mass is 255 g/mol. The van der Waals surface area contributed by atoms with Crippen LogP contribution >= 0.6 is 0 Å². The van der Waals surface area contributed by atoms with Gasteiger partial charge in [0.15, 0.2) is 5.78 Å². The Kier molecular flexibility index (Phi) is 3.56. The third-order valence-electron chi connectivity index (χ3n) is 4.19. The lowest BCUT2D eigenvalue weighted by molar-refractivity contribution is -0.132. The van der Waals surface area contributed by atoms with E-state index in [2.05, 4.69) is 11.8 Å². The molecule has 0 amide bonds. The number of Topliss-reactive ketones (excluding diaryl/α,β-unsaturated/α-hetero) is 1. The molecule has 2 fully saturated rings. The number of morpholine rings is 1. The first-order valence-corrected chi connectivity index (χ1v) is 6.80. The molecule has 0 bridgehead atoms. The Hall–Kier alpha value is -0.450. The van der Waals surface area contributed by atoms with Crippen LogP contribution < -0.4 is 0 Å². The minimum Gasteiger partial charge on any atom is -0.379 e. The maximum absolute atomic E-state index is 12.4. The molecule has 0 aromatic carbocycles. The van der Waals surface area contributed by atoms with Crippen molar-refractivity contribution in [2.45, 2.75) is 51.9 Å². The molecule has 0 radical (unpaired) electrons. The predicted octanol–water partition coefficient (Wildman–Crippen LogP) is 1.48. The molecule has 0 spiro atoms. The third kappa shape index (κ3) is 2.46. The van der Waals surface area contributed by atoms with Gasteiger partial charge in [0, 0.05) is 19.1 Å². The van der Waals surface area contributed by atoms with Gasteiger partial charge in [-0.2, -0.15) is 0 Å². The Balaban J connectivity index is 2.10. The number of carbonyl (C=O) groups is 1. The summed E-state index contributed by atoms with van der Waals surface area (Å²) >= 11 is 0. The van der Waals surface area contributed by atoms with Crippen LogP contribution in [0, 0.1) is 5.92 Å². The highest BCUT2D eigenvalue weighted by atomic mass is 16.5. The number of hydrogen-bond acceptors (Lipinski definition) is 4. The van der Waals surface area contributed by atoms with Crippen molar-refractivity contribution in [1.29, 1.82) is 0 Å². The van der Waals surface area contributed by atoms with Crippen molar-refractivity contribution in [1.82, 2.24) is 4.90 Å². The van der Waals surface area contributed by atoms with E-state index in [1.807, 2.05) is 27.7 Å². The quantitative estimate of drug-likeness (QED) is 0.749. The Bertz CT molecular complexity index is 338. The van der Waals surface area contributed by atoms with Gasteiger partial charge in [-0.15, -0.1) is 0 Å². The first kappa shape index (κ1) is 14.0. The molecule has 2 heterocycles. The lowest BCUT2D eigenvalue weighted by Gasteiger charge is -2.37. The van der Waals surface area contributed by atoms with Gasteiger partial charge in [0.2, 0.25) is 0 Å². The number of carbonyl (C=O) groups excluding carboxylic acids is 1.